The molecule has 0 fully saturated rings. The molecule has 0 unspecified atom stereocenters. The summed E-state index contributed by atoms with van der Waals surface area (Å²) < 4.78 is 4.42. The zero-order chi connectivity index (χ0) is 19.6. The second-order valence-corrected chi connectivity index (χ2v) is 7.30. The lowest BCUT2D eigenvalue weighted by molar-refractivity contribution is -0.693. The first-order valence-electron chi connectivity index (χ1n) is 10.1. The summed E-state index contributed by atoms with van der Waals surface area (Å²) in [7, 11) is 0. The minimum Gasteiger partial charge on any atom is -0.248 e. The van der Waals surface area contributed by atoms with Gasteiger partial charge in [-0.2, -0.15) is 0 Å². The van der Waals surface area contributed by atoms with Crippen LogP contribution in [0.15, 0.2) is 97.6 Å². The predicted octanol–water partition coefficient (Wildman–Crippen LogP) is 4.70. The number of pyridine rings is 3. The number of rotatable bonds is 4. The molecule has 3 heteroatoms. The van der Waals surface area contributed by atoms with Crippen LogP contribution in [0.25, 0.3) is 32.9 Å². The zero-order valence-corrected chi connectivity index (χ0v) is 16.5. The average molecular weight is 377 g/mol. The molecule has 0 aliphatic rings. The van der Waals surface area contributed by atoms with E-state index in [1.54, 1.807) is 0 Å². The zero-order valence-electron chi connectivity index (χ0n) is 16.5. The molecule has 29 heavy (non-hydrogen) atoms. The number of para-hydroxylation sites is 2. The van der Waals surface area contributed by atoms with Crippen LogP contribution in [-0.4, -0.2) is 4.98 Å². The van der Waals surface area contributed by atoms with Gasteiger partial charge >= 0.3 is 0 Å². The highest BCUT2D eigenvalue weighted by atomic mass is 14.9. The number of nitrogens with zero attached hydrogens (tertiary/aromatic N) is 3. The monoisotopic (exact) mass is 377 g/mol. The van der Waals surface area contributed by atoms with Gasteiger partial charge in [-0.1, -0.05) is 36.4 Å². The van der Waals surface area contributed by atoms with E-state index in [9.17, 15) is 0 Å². The van der Waals surface area contributed by atoms with E-state index in [1.807, 2.05) is 0 Å². The third-order valence-corrected chi connectivity index (χ3v) is 5.52. The number of aromatic nitrogens is 3. The van der Waals surface area contributed by atoms with Gasteiger partial charge in [0.2, 0.25) is 0 Å². The molecule has 3 nitrogen and oxygen atoms in total. The lowest BCUT2D eigenvalue weighted by Crippen LogP contribution is -2.33. The summed E-state index contributed by atoms with van der Waals surface area (Å²) in [5.74, 6) is 0. The Morgan fingerprint density at radius 2 is 1.10 bits per heavy atom. The summed E-state index contributed by atoms with van der Waals surface area (Å²) in [6.45, 7) is 3.95. The van der Waals surface area contributed by atoms with Gasteiger partial charge in [0.1, 0.15) is 6.54 Å². The summed E-state index contributed by atoms with van der Waals surface area (Å²) in [4.78, 5) is 4.84. The van der Waals surface area contributed by atoms with Crippen LogP contribution >= 0.6 is 0 Å². The summed E-state index contributed by atoms with van der Waals surface area (Å²) in [5.41, 5.74) is 5.88. The Bertz CT molecular complexity index is 1240. The fraction of sp³-hybridized carbons (Fsp3) is 0.115. The van der Waals surface area contributed by atoms with Crippen molar-refractivity contribution < 1.29 is 9.13 Å². The van der Waals surface area contributed by atoms with Gasteiger partial charge in [0.25, 0.3) is 0 Å². The maximum atomic E-state index is 4.84. The van der Waals surface area contributed by atoms with E-state index in [-0.39, 0.29) is 0 Å². The molecule has 3 aromatic heterocycles. The fourth-order valence-electron chi connectivity index (χ4n) is 3.90. The third-order valence-electron chi connectivity index (χ3n) is 5.52. The highest BCUT2D eigenvalue weighted by molar-refractivity contribution is 5.97. The molecular formula is C26H23N3+2. The van der Waals surface area contributed by atoms with E-state index < -0.39 is 0 Å². The molecule has 0 bridgehead atoms. The van der Waals surface area contributed by atoms with E-state index in [4.69, 9.17) is 4.98 Å². The number of aryl methyl sites for hydroxylation is 1. The molecule has 0 saturated heterocycles. The molecule has 2 aromatic carbocycles. The first kappa shape index (κ1) is 17.5. The molecule has 0 radical (unpaired) electrons. The van der Waals surface area contributed by atoms with Crippen LogP contribution in [0.1, 0.15) is 12.5 Å². The lowest BCUT2D eigenvalue weighted by Gasteiger charge is -2.09. The van der Waals surface area contributed by atoms with Crippen LogP contribution in [-0.2, 0) is 13.1 Å². The Kier molecular flexibility index (Phi) is 4.49. The van der Waals surface area contributed by atoms with Crippen molar-refractivity contribution in [3.05, 3.63) is 103 Å². The van der Waals surface area contributed by atoms with Crippen LogP contribution < -0.4 is 9.13 Å². The van der Waals surface area contributed by atoms with Crippen molar-refractivity contribution in [3.8, 4) is 11.1 Å². The van der Waals surface area contributed by atoms with Gasteiger partial charge in [-0.05, 0) is 30.2 Å². The molecule has 3 heterocycles. The molecule has 0 saturated carbocycles. The largest absolute Gasteiger partial charge is 0.248 e. The molecule has 5 aromatic rings. The molecule has 0 aliphatic carbocycles. The first-order valence-corrected chi connectivity index (χ1v) is 10.1. The van der Waals surface area contributed by atoms with Crippen LogP contribution in [0.3, 0.4) is 0 Å². The van der Waals surface area contributed by atoms with E-state index in [1.165, 1.54) is 27.5 Å². The van der Waals surface area contributed by atoms with Crippen molar-refractivity contribution >= 4 is 21.8 Å². The van der Waals surface area contributed by atoms with Crippen LogP contribution in [0.2, 0.25) is 0 Å². The highest BCUT2D eigenvalue weighted by Crippen LogP contribution is 2.25. The molecule has 5 rings (SSSR count). The Labute approximate surface area is 170 Å². The standard InChI is InChI=1S/C26H23N3/c1-2-28-15-11-20(12-16-28)21-13-17-29(18-14-21)19-24-22-7-3-5-9-25(22)27-26-10-6-4-8-23(24)26/h3-18H,2,19H2,1H3/q+2. The smallest absolute Gasteiger partial charge is 0.175 e. The third kappa shape index (κ3) is 3.36. The molecule has 0 aliphatic heterocycles. The Balaban J connectivity index is 1.53. The second-order valence-electron chi connectivity index (χ2n) is 7.30. The maximum Gasteiger partial charge on any atom is 0.175 e. The van der Waals surface area contributed by atoms with Crippen molar-refractivity contribution in [1.82, 2.24) is 4.98 Å². The van der Waals surface area contributed by atoms with Gasteiger partial charge in [0.15, 0.2) is 31.3 Å². The van der Waals surface area contributed by atoms with Crippen molar-refractivity contribution in [2.75, 3.05) is 0 Å². The summed E-state index contributed by atoms with van der Waals surface area (Å²) in [6, 6.07) is 25.6. The van der Waals surface area contributed by atoms with E-state index in [0.29, 0.717) is 0 Å². The van der Waals surface area contributed by atoms with Gasteiger partial charge in [-0.25, -0.2) is 14.1 Å². The molecular weight excluding hydrogens is 354 g/mol. The number of hydrogen-bond donors (Lipinski definition) is 0. The Morgan fingerprint density at radius 3 is 1.62 bits per heavy atom. The van der Waals surface area contributed by atoms with Crippen LogP contribution in [0.5, 0.6) is 0 Å². The summed E-state index contributed by atoms with van der Waals surface area (Å²) >= 11 is 0. The van der Waals surface area contributed by atoms with E-state index >= 15 is 0 Å². The summed E-state index contributed by atoms with van der Waals surface area (Å²) in [5, 5.41) is 2.44. The van der Waals surface area contributed by atoms with Gasteiger partial charge in [-0.3, -0.25) is 0 Å². The molecule has 0 N–H and O–H groups in total. The molecule has 140 valence electrons. The predicted molar refractivity (Wildman–Crippen MR) is 116 cm³/mol. The van der Waals surface area contributed by atoms with E-state index in [0.717, 1.165) is 24.1 Å². The highest BCUT2D eigenvalue weighted by Gasteiger charge is 2.13. The SMILES string of the molecule is CC[n+]1ccc(-c2cc[n+](Cc3c4ccccc4nc4ccccc34)cc2)cc1. The fourth-order valence-corrected chi connectivity index (χ4v) is 3.90. The first-order chi connectivity index (χ1) is 14.3. The minimum absolute atomic E-state index is 0.814. The number of benzene rings is 2. The van der Waals surface area contributed by atoms with Crippen LogP contribution in [0, 0.1) is 0 Å². The maximum absolute atomic E-state index is 4.84. The summed E-state index contributed by atoms with van der Waals surface area (Å²) in [6.07, 6.45) is 8.59. The van der Waals surface area contributed by atoms with Gasteiger partial charge < -0.3 is 0 Å². The second kappa shape index (κ2) is 7.44. The Hall–Kier alpha value is -3.59. The van der Waals surface area contributed by atoms with Gasteiger partial charge in [-0.15, -0.1) is 0 Å². The Morgan fingerprint density at radius 1 is 0.621 bits per heavy atom. The van der Waals surface area contributed by atoms with Crippen LogP contribution in [0.4, 0.5) is 0 Å². The molecule has 0 spiro atoms. The topological polar surface area (TPSA) is 20.6 Å². The van der Waals surface area contributed by atoms with Crippen molar-refractivity contribution in [1.29, 1.82) is 0 Å². The van der Waals surface area contributed by atoms with Gasteiger partial charge in [0.05, 0.1) is 11.0 Å². The lowest BCUT2D eigenvalue weighted by atomic mass is 10.0. The molecule has 0 amide bonds. The van der Waals surface area contributed by atoms with Crippen molar-refractivity contribution in [3.63, 3.8) is 0 Å². The minimum atomic E-state index is 0.814. The van der Waals surface area contributed by atoms with Crippen molar-refractivity contribution in [2.24, 2.45) is 0 Å². The van der Waals surface area contributed by atoms with Gasteiger partial charge in [0, 0.05) is 40.6 Å². The average Bonchev–Trinajstić information content (AvgIpc) is 2.79. The van der Waals surface area contributed by atoms with E-state index in [2.05, 4.69) is 114 Å². The van der Waals surface area contributed by atoms with Crippen molar-refractivity contribution in [2.45, 2.75) is 20.0 Å². The normalized spacial score (nSPS) is 11.2. The number of hydrogen-bond acceptors (Lipinski definition) is 1. The quantitative estimate of drug-likeness (QED) is 0.328. The number of fused-ring (bicyclic) bond motifs is 2. The molecule has 0 atom stereocenters.